The molecule has 0 amide bonds. The summed E-state index contributed by atoms with van der Waals surface area (Å²) in [5, 5.41) is 36.0. The summed E-state index contributed by atoms with van der Waals surface area (Å²) in [6.45, 7) is 4.20. The van der Waals surface area contributed by atoms with Crippen molar-refractivity contribution in [2.75, 3.05) is 36.9 Å². The number of fused-ring (bicyclic) bond motifs is 2. The summed E-state index contributed by atoms with van der Waals surface area (Å²) in [5.41, 5.74) is 1.55. The highest BCUT2D eigenvalue weighted by Crippen LogP contribution is 2.46. The summed E-state index contributed by atoms with van der Waals surface area (Å²) in [6.07, 6.45) is 1.87. The van der Waals surface area contributed by atoms with Crippen LogP contribution < -0.4 is 10.6 Å². The summed E-state index contributed by atoms with van der Waals surface area (Å²) in [4.78, 5) is 13.4. The van der Waals surface area contributed by atoms with E-state index < -0.39 is 5.60 Å². The molecule has 0 unspecified atom stereocenters. The maximum Gasteiger partial charge on any atom is 0.197 e. The number of hydrogen-bond donors (Lipinski definition) is 5. The van der Waals surface area contributed by atoms with E-state index in [4.69, 9.17) is 10.2 Å². The van der Waals surface area contributed by atoms with Gasteiger partial charge in [-0.2, -0.15) is 0 Å². The highest BCUT2D eigenvalue weighted by Gasteiger charge is 2.43. The number of aliphatic hydroxyl groups is 3. The molecule has 27 heavy (non-hydrogen) atoms. The molecular weight excluding hydrogens is 344 g/mol. The minimum absolute atomic E-state index is 0.0747. The highest BCUT2D eigenvalue weighted by atomic mass is 16.3. The molecule has 2 aromatic carbocycles. The first-order valence-electron chi connectivity index (χ1n) is 8.93. The lowest BCUT2D eigenvalue weighted by atomic mass is 9.71. The van der Waals surface area contributed by atoms with Gasteiger partial charge in [0.05, 0.1) is 24.3 Å². The van der Waals surface area contributed by atoms with Crippen molar-refractivity contribution < 1.29 is 20.1 Å². The second kappa shape index (κ2) is 7.92. The Morgan fingerprint density at radius 1 is 0.926 bits per heavy atom. The van der Waals surface area contributed by atoms with Crippen LogP contribution in [0.3, 0.4) is 0 Å². The molecular formula is C21H24N2O4. The van der Waals surface area contributed by atoms with Gasteiger partial charge in [0.15, 0.2) is 5.78 Å². The number of carbonyl (C=O) groups is 1. The molecule has 0 fully saturated rings. The minimum atomic E-state index is -1.39. The van der Waals surface area contributed by atoms with Gasteiger partial charge in [-0.1, -0.05) is 30.3 Å². The van der Waals surface area contributed by atoms with Gasteiger partial charge in [-0.25, -0.2) is 0 Å². The molecule has 0 spiro atoms. The molecule has 1 aliphatic carbocycles. The van der Waals surface area contributed by atoms with Crippen LogP contribution in [-0.2, 0) is 5.60 Å². The van der Waals surface area contributed by atoms with Crippen LogP contribution in [-0.4, -0.2) is 47.4 Å². The molecule has 2 aromatic rings. The molecule has 0 saturated carbocycles. The predicted octanol–water partition coefficient (Wildman–Crippen LogP) is 1.85. The van der Waals surface area contributed by atoms with Gasteiger partial charge in [0.25, 0.3) is 0 Å². The molecule has 0 radical (unpaired) electrons. The Labute approximate surface area is 158 Å². The van der Waals surface area contributed by atoms with E-state index in [1.54, 1.807) is 42.5 Å². The van der Waals surface area contributed by atoms with Gasteiger partial charge in [0.2, 0.25) is 0 Å². The van der Waals surface area contributed by atoms with Gasteiger partial charge in [0.1, 0.15) is 5.60 Å². The number of benzene rings is 2. The molecule has 5 N–H and O–H groups in total. The molecule has 0 bridgehead atoms. The SMILES string of the molecule is C=CCC1(O)c2cccc(NCCO)c2C(=O)c2c(NCCO)cccc21. The predicted molar refractivity (Wildman–Crippen MR) is 105 cm³/mol. The zero-order chi connectivity index (χ0) is 19.4. The summed E-state index contributed by atoms with van der Waals surface area (Å²) >= 11 is 0. The average molecular weight is 368 g/mol. The van der Waals surface area contributed by atoms with Crippen LogP contribution in [0.25, 0.3) is 0 Å². The largest absolute Gasteiger partial charge is 0.395 e. The van der Waals surface area contributed by atoms with Gasteiger partial charge in [-0.05, 0) is 12.1 Å². The third-order valence-corrected chi connectivity index (χ3v) is 4.77. The van der Waals surface area contributed by atoms with Crippen LogP contribution >= 0.6 is 0 Å². The van der Waals surface area contributed by atoms with Crippen molar-refractivity contribution >= 4 is 17.2 Å². The van der Waals surface area contributed by atoms with Crippen LogP contribution in [0.2, 0.25) is 0 Å². The van der Waals surface area contributed by atoms with E-state index in [2.05, 4.69) is 17.2 Å². The second-order valence-electron chi connectivity index (χ2n) is 6.44. The molecule has 0 heterocycles. The first-order chi connectivity index (χ1) is 13.1. The Kier molecular flexibility index (Phi) is 5.60. The van der Waals surface area contributed by atoms with Crippen molar-refractivity contribution in [1.29, 1.82) is 0 Å². The Morgan fingerprint density at radius 2 is 1.41 bits per heavy atom. The highest BCUT2D eigenvalue weighted by molar-refractivity contribution is 6.19. The maximum atomic E-state index is 13.4. The third kappa shape index (κ3) is 3.23. The Morgan fingerprint density at radius 3 is 1.81 bits per heavy atom. The monoisotopic (exact) mass is 368 g/mol. The van der Waals surface area contributed by atoms with Crippen molar-refractivity contribution in [3.63, 3.8) is 0 Å². The summed E-state index contributed by atoms with van der Waals surface area (Å²) in [5.74, 6) is -0.212. The summed E-state index contributed by atoms with van der Waals surface area (Å²) < 4.78 is 0. The van der Waals surface area contributed by atoms with E-state index >= 15 is 0 Å². The van der Waals surface area contributed by atoms with Crippen LogP contribution in [0, 0.1) is 0 Å². The molecule has 0 aromatic heterocycles. The number of nitrogens with one attached hydrogen (secondary N) is 2. The van der Waals surface area contributed by atoms with Crippen molar-refractivity contribution in [1.82, 2.24) is 0 Å². The molecule has 0 atom stereocenters. The van der Waals surface area contributed by atoms with Crippen LogP contribution in [0.15, 0.2) is 49.1 Å². The van der Waals surface area contributed by atoms with Gasteiger partial charge >= 0.3 is 0 Å². The fraction of sp³-hybridized carbons (Fsp3) is 0.286. The maximum absolute atomic E-state index is 13.4. The van der Waals surface area contributed by atoms with Crippen LogP contribution in [0.5, 0.6) is 0 Å². The van der Waals surface area contributed by atoms with E-state index in [9.17, 15) is 9.90 Å². The molecule has 6 heteroatoms. The number of anilines is 2. The summed E-state index contributed by atoms with van der Waals surface area (Å²) in [6, 6.07) is 10.6. The lowest BCUT2D eigenvalue weighted by Crippen LogP contribution is -2.36. The Balaban J connectivity index is 2.25. The number of aliphatic hydroxyl groups excluding tert-OH is 2. The van der Waals surface area contributed by atoms with E-state index in [-0.39, 0.29) is 25.4 Å². The number of ketones is 1. The minimum Gasteiger partial charge on any atom is -0.395 e. The molecule has 6 nitrogen and oxygen atoms in total. The molecule has 0 aliphatic heterocycles. The van der Waals surface area contributed by atoms with Gasteiger partial charge in [0, 0.05) is 42.0 Å². The van der Waals surface area contributed by atoms with Crippen LogP contribution in [0.4, 0.5) is 11.4 Å². The lowest BCUT2D eigenvalue weighted by Gasteiger charge is -2.37. The Hall–Kier alpha value is -2.67. The van der Waals surface area contributed by atoms with E-state index in [0.29, 0.717) is 46.7 Å². The first-order valence-corrected chi connectivity index (χ1v) is 8.93. The number of rotatable bonds is 8. The van der Waals surface area contributed by atoms with E-state index in [1.807, 2.05) is 0 Å². The lowest BCUT2D eigenvalue weighted by molar-refractivity contribution is 0.0747. The van der Waals surface area contributed by atoms with Crippen molar-refractivity contribution in [3.8, 4) is 0 Å². The number of carbonyl (C=O) groups excluding carboxylic acids is 1. The fourth-order valence-electron chi connectivity index (χ4n) is 3.66. The average Bonchev–Trinajstić information content (AvgIpc) is 2.68. The quantitative estimate of drug-likeness (QED) is 0.456. The molecule has 3 rings (SSSR count). The van der Waals surface area contributed by atoms with E-state index in [1.165, 1.54) is 0 Å². The van der Waals surface area contributed by atoms with Gasteiger partial charge in [-0.3, -0.25) is 4.79 Å². The smallest absolute Gasteiger partial charge is 0.197 e. The zero-order valence-electron chi connectivity index (χ0n) is 15.0. The van der Waals surface area contributed by atoms with Crippen LogP contribution in [0.1, 0.15) is 33.5 Å². The van der Waals surface area contributed by atoms with Crippen molar-refractivity contribution in [3.05, 3.63) is 71.3 Å². The normalized spacial score (nSPS) is 14.3. The second-order valence-corrected chi connectivity index (χ2v) is 6.44. The van der Waals surface area contributed by atoms with Crippen molar-refractivity contribution in [2.24, 2.45) is 0 Å². The van der Waals surface area contributed by atoms with Gasteiger partial charge in [-0.15, -0.1) is 6.58 Å². The topological polar surface area (TPSA) is 102 Å². The zero-order valence-corrected chi connectivity index (χ0v) is 15.0. The molecule has 142 valence electrons. The van der Waals surface area contributed by atoms with Crippen molar-refractivity contribution in [2.45, 2.75) is 12.0 Å². The standard InChI is InChI=1S/C21H24N2O4/c1-2-9-21(27)14-5-3-7-16(22-10-12-24)18(14)20(26)19-15(21)6-4-8-17(19)23-11-13-25/h2-8,22-25,27H,1,9-13H2. The molecule has 0 saturated heterocycles. The Bertz CT molecular complexity index is 802. The van der Waals surface area contributed by atoms with E-state index in [0.717, 1.165) is 0 Å². The van der Waals surface area contributed by atoms with Gasteiger partial charge < -0.3 is 26.0 Å². The first kappa shape index (κ1) is 19.1. The molecule has 1 aliphatic rings. The fourth-order valence-corrected chi connectivity index (χ4v) is 3.66. The third-order valence-electron chi connectivity index (χ3n) is 4.77. The number of hydrogen-bond acceptors (Lipinski definition) is 6. The summed E-state index contributed by atoms with van der Waals surface area (Å²) in [7, 11) is 0.